The lowest BCUT2D eigenvalue weighted by Gasteiger charge is -2.30. The van der Waals surface area contributed by atoms with Crippen LogP contribution in [-0.2, 0) is 10.0 Å². The van der Waals surface area contributed by atoms with Gasteiger partial charge >= 0.3 is 0 Å². The third-order valence-electron chi connectivity index (χ3n) is 3.55. The maximum absolute atomic E-state index is 12.3. The Morgan fingerprint density at radius 3 is 2.70 bits per heavy atom. The molecular formula is C13H20Cl2N2O2S. The Morgan fingerprint density at radius 2 is 2.10 bits per heavy atom. The molecule has 2 N–H and O–H groups in total. The standard InChI is InChI=1S/C13H19ClN2O2S.ClH/c1-9-3-4-11(7-12(9)14)19(17,18)16-13-5-6-15-8-10(13)2;/h3-4,7,10,13,15-16H,5-6,8H2,1-2H3;1H. The second-order valence-electron chi connectivity index (χ2n) is 5.11. The lowest BCUT2D eigenvalue weighted by Crippen LogP contribution is -2.48. The second kappa shape index (κ2) is 7.09. The van der Waals surface area contributed by atoms with Crippen LogP contribution in [0.5, 0.6) is 0 Å². The largest absolute Gasteiger partial charge is 0.316 e. The summed E-state index contributed by atoms with van der Waals surface area (Å²) >= 11 is 5.99. The highest BCUT2D eigenvalue weighted by atomic mass is 35.5. The van der Waals surface area contributed by atoms with E-state index in [0.29, 0.717) is 5.02 Å². The first-order valence-corrected chi connectivity index (χ1v) is 8.25. The molecule has 2 unspecified atom stereocenters. The Kier molecular flexibility index (Phi) is 6.28. The molecule has 2 rings (SSSR count). The summed E-state index contributed by atoms with van der Waals surface area (Å²) in [5.74, 6) is 0.282. The quantitative estimate of drug-likeness (QED) is 0.889. The zero-order valence-corrected chi connectivity index (χ0v) is 13.9. The van der Waals surface area contributed by atoms with E-state index in [-0.39, 0.29) is 29.3 Å². The molecule has 1 heterocycles. The number of benzene rings is 1. The number of halogens is 2. The van der Waals surface area contributed by atoms with Crippen molar-refractivity contribution in [2.75, 3.05) is 13.1 Å². The van der Waals surface area contributed by atoms with Gasteiger partial charge in [0.05, 0.1) is 4.90 Å². The van der Waals surface area contributed by atoms with Crippen molar-refractivity contribution in [1.82, 2.24) is 10.0 Å². The normalized spacial score (nSPS) is 23.1. The predicted octanol–water partition coefficient (Wildman–Crippen LogP) is 2.35. The molecule has 114 valence electrons. The van der Waals surface area contributed by atoms with Crippen molar-refractivity contribution < 1.29 is 8.42 Å². The first-order chi connectivity index (χ1) is 8.90. The second-order valence-corrected chi connectivity index (χ2v) is 7.23. The highest BCUT2D eigenvalue weighted by molar-refractivity contribution is 7.89. The van der Waals surface area contributed by atoms with Gasteiger partial charge in [0.15, 0.2) is 0 Å². The molecule has 20 heavy (non-hydrogen) atoms. The van der Waals surface area contributed by atoms with Crippen LogP contribution in [-0.4, -0.2) is 27.5 Å². The monoisotopic (exact) mass is 338 g/mol. The zero-order valence-electron chi connectivity index (χ0n) is 11.5. The highest BCUT2D eigenvalue weighted by Gasteiger charge is 2.26. The smallest absolute Gasteiger partial charge is 0.240 e. The minimum absolute atomic E-state index is 0. The van der Waals surface area contributed by atoms with Crippen molar-refractivity contribution in [1.29, 1.82) is 0 Å². The summed E-state index contributed by atoms with van der Waals surface area (Å²) < 4.78 is 27.4. The molecule has 1 aliphatic heterocycles. The van der Waals surface area contributed by atoms with Gasteiger partial charge in [-0.3, -0.25) is 0 Å². The highest BCUT2D eigenvalue weighted by Crippen LogP contribution is 2.21. The molecule has 2 atom stereocenters. The van der Waals surface area contributed by atoms with Gasteiger partial charge < -0.3 is 5.32 Å². The summed E-state index contributed by atoms with van der Waals surface area (Å²) in [6, 6.07) is 4.80. The summed E-state index contributed by atoms with van der Waals surface area (Å²) in [5.41, 5.74) is 0.871. The van der Waals surface area contributed by atoms with Crippen molar-refractivity contribution >= 4 is 34.0 Å². The van der Waals surface area contributed by atoms with Crippen molar-refractivity contribution in [3.05, 3.63) is 28.8 Å². The van der Waals surface area contributed by atoms with Gasteiger partial charge in [-0.25, -0.2) is 13.1 Å². The summed E-state index contributed by atoms with van der Waals surface area (Å²) in [7, 11) is -3.49. The topological polar surface area (TPSA) is 58.2 Å². The number of sulfonamides is 1. The van der Waals surface area contributed by atoms with Gasteiger partial charge in [-0.15, -0.1) is 12.4 Å². The van der Waals surface area contributed by atoms with E-state index in [4.69, 9.17) is 11.6 Å². The van der Waals surface area contributed by atoms with Crippen molar-refractivity contribution in [2.45, 2.75) is 31.2 Å². The van der Waals surface area contributed by atoms with E-state index >= 15 is 0 Å². The molecule has 1 saturated heterocycles. The van der Waals surface area contributed by atoms with Crippen LogP contribution in [0.1, 0.15) is 18.9 Å². The molecule has 0 aliphatic carbocycles. The van der Waals surface area contributed by atoms with E-state index < -0.39 is 10.0 Å². The van der Waals surface area contributed by atoms with Crippen LogP contribution in [0, 0.1) is 12.8 Å². The fourth-order valence-corrected chi connectivity index (χ4v) is 3.85. The summed E-state index contributed by atoms with van der Waals surface area (Å²) in [6.07, 6.45) is 0.806. The molecule has 4 nitrogen and oxygen atoms in total. The van der Waals surface area contributed by atoms with E-state index in [1.54, 1.807) is 12.1 Å². The maximum atomic E-state index is 12.3. The average Bonchev–Trinajstić information content (AvgIpc) is 2.35. The molecule has 7 heteroatoms. The van der Waals surface area contributed by atoms with Gasteiger partial charge in [-0.05, 0) is 50.0 Å². The number of hydrogen-bond acceptors (Lipinski definition) is 3. The van der Waals surface area contributed by atoms with Crippen LogP contribution in [0.4, 0.5) is 0 Å². The molecule has 1 aromatic carbocycles. The Bertz CT molecular complexity index is 563. The van der Waals surface area contributed by atoms with E-state index in [2.05, 4.69) is 10.0 Å². The molecule has 1 aliphatic rings. The number of piperidine rings is 1. The SMILES string of the molecule is Cc1ccc(S(=O)(=O)NC2CCNCC2C)cc1Cl.Cl. The number of hydrogen-bond donors (Lipinski definition) is 2. The van der Waals surface area contributed by atoms with Gasteiger partial charge in [0.25, 0.3) is 0 Å². The first-order valence-electron chi connectivity index (χ1n) is 6.39. The lowest BCUT2D eigenvalue weighted by molar-refractivity contribution is 0.328. The maximum Gasteiger partial charge on any atom is 0.240 e. The fraction of sp³-hybridized carbons (Fsp3) is 0.538. The molecule has 0 radical (unpaired) electrons. The van der Waals surface area contributed by atoms with E-state index in [9.17, 15) is 8.42 Å². The van der Waals surface area contributed by atoms with Crippen LogP contribution in [0.15, 0.2) is 23.1 Å². The van der Waals surface area contributed by atoms with Crippen molar-refractivity contribution in [3.63, 3.8) is 0 Å². The van der Waals surface area contributed by atoms with Gasteiger partial charge in [0.2, 0.25) is 10.0 Å². The number of nitrogens with one attached hydrogen (secondary N) is 2. The first kappa shape index (κ1) is 17.7. The Morgan fingerprint density at radius 1 is 1.40 bits per heavy atom. The molecule has 1 fully saturated rings. The molecular weight excluding hydrogens is 319 g/mol. The number of aryl methyl sites for hydroxylation is 1. The van der Waals surface area contributed by atoms with E-state index in [0.717, 1.165) is 25.1 Å². The van der Waals surface area contributed by atoms with Crippen LogP contribution in [0.25, 0.3) is 0 Å². The fourth-order valence-electron chi connectivity index (χ4n) is 2.20. The third-order valence-corrected chi connectivity index (χ3v) is 5.44. The lowest BCUT2D eigenvalue weighted by atomic mass is 9.97. The third kappa shape index (κ3) is 4.09. The van der Waals surface area contributed by atoms with Crippen molar-refractivity contribution in [2.24, 2.45) is 5.92 Å². The molecule has 1 aromatic rings. The molecule has 0 spiro atoms. The molecule has 0 amide bonds. The Labute approximate surface area is 131 Å². The summed E-state index contributed by atoms with van der Waals surface area (Å²) in [4.78, 5) is 0.230. The zero-order chi connectivity index (χ0) is 14.0. The van der Waals surface area contributed by atoms with Gasteiger partial charge in [0.1, 0.15) is 0 Å². The molecule has 0 bridgehead atoms. The minimum atomic E-state index is -3.49. The van der Waals surface area contributed by atoms with E-state index in [1.807, 2.05) is 13.8 Å². The Balaban J connectivity index is 0.00000200. The summed E-state index contributed by atoms with van der Waals surface area (Å²) in [6.45, 7) is 5.57. The van der Waals surface area contributed by atoms with Gasteiger partial charge in [-0.2, -0.15) is 0 Å². The van der Waals surface area contributed by atoms with E-state index in [1.165, 1.54) is 6.07 Å². The number of rotatable bonds is 3. The molecule has 0 aromatic heterocycles. The van der Waals surface area contributed by atoms with Crippen molar-refractivity contribution in [3.8, 4) is 0 Å². The Hall–Kier alpha value is -0.330. The summed E-state index contributed by atoms with van der Waals surface area (Å²) in [5, 5.41) is 3.72. The van der Waals surface area contributed by atoms with Gasteiger partial charge in [0, 0.05) is 11.1 Å². The van der Waals surface area contributed by atoms with Gasteiger partial charge in [-0.1, -0.05) is 24.6 Å². The van der Waals surface area contributed by atoms with Crippen LogP contribution >= 0.6 is 24.0 Å². The molecule has 0 saturated carbocycles. The minimum Gasteiger partial charge on any atom is -0.316 e. The van der Waals surface area contributed by atoms with Crippen LogP contribution in [0.3, 0.4) is 0 Å². The van der Waals surface area contributed by atoms with Crippen LogP contribution in [0.2, 0.25) is 5.02 Å². The predicted molar refractivity (Wildman–Crippen MR) is 84.2 cm³/mol. The average molecular weight is 339 g/mol. The van der Waals surface area contributed by atoms with Crippen LogP contribution < -0.4 is 10.0 Å².